The second-order valence-corrected chi connectivity index (χ2v) is 4.83. The number of fused-ring (bicyclic) bond motifs is 1. The van der Waals surface area contributed by atoms with Gasteiger partial charge in [0.2, 0.25) is 0 Å². The third-order valence-corrected chi connectivity index (χ3v) is 3.26. The van der Waals surface area contributed by atoms with Crippen LogP contribution in [0.2, 0.25) is 5.02 Å². The van der Waals surface area contributed by atoms with Crippen molar-refractivity contribution in [2.45, 2.75) is 6.54 Å². The van der Waals surface area contributed by atoms with Crippen molar-refractivity contribution in [1.82, 2.24) is 4.98 Å². The lowest BCUT2D eigenvalue weighted by Gasteiger charge is -2.07. The molecule has 94 valence electrons. The highest BCUT2D eigenvalue weighted by Gasteiger charge is 1.97. The molecule has 1 heterocycles. The zero-order chi connectivity index (χ0) is 13.1. The molecule has 0 saturated carbocycles. The zero-order valence-electron chi connectivity index (χ0n) is 10.3. The predicted molar refractivity (Wildman–Crippen MR) is 80.5 cm³/mol. The summed E-state index contributed by atoms with van der Waals surface area (Å²) in [6.07, 6.45) is 1.81. The van der Waals surface area contributed by atoms with Crippen LogP contribution in [0.5, 0.6) is 0 Å². The highest BCUT2D eigenvalue weighted by atomic mass is 35.5. The van der Waals surface area contributed by atoms with Crippen LogP contribution in [0.4, 0.5) is 5.69 Å². The van der Waals surface area contributed by atoms with Crippen molar-refractivity contribution in [2.75, 3.05) is 5.32 Å². The van der Waals surface area contributed by atoms with Crippen LogP contribution < -0.4 is 5.32 Å². The number of benzene rings is 2. The molecule has 0 amide bonds. The number of nitrogens with one attached hydrogen (secondary N) is 1. The molecule has 1 aromatic heterocycles. The summed E-state index contributed by atoms with van der Waals surface area (Å²) in [5, 5.41) is 5.31. The van der Waals surface area contributed by atoms with Crippen molar-refractivity contribution in [1.29, 1.82) is 0 Å². The lowest BCUT2D eigenvalue weighted by Crippen LogP contribution is -1.98. The summed E-state index contributed by atoms with van der Waals surface area (Å²) in [5.74, 6) is 0. The van der Waals surface area contributed by atoms with Crippen LogP contribution in [0.25, 0.3) is 10.9 Å². The second kappa shape index (κ2) is 5.29. The molecule has 19 heavy (non-hydrogen) atoms. The van der Waals surface area contributed by atoms with Crippen molar-refractivity contribution < 1.29 is 0 Å². The molecule has 0 unspecified atom stereocenters. The minimum Gasteiger partial charge on any atom is -0.381 e. The minimum absolute atomic E-state index is 0.764. The van der Waals surface area contributed by atoms with Gasteiger partial charge in [-0.1, -0.05) is 29.8 Å². The highest BCUT2D eigenvalue weighted by molar-refractivity contribution is 6.30. The molecule has 3 aromatic rings. The molecule has 0 saturated heterocycles. The molecule has 0 atom stereocenters. The molecule has 0 fully saturated rings. The molecule has 3 heteroatoms. The maximum Gasteiger partial charge on any atom is 0.0703 e. The number of hydrogen-bond acceptors (Lipinski definition) is 2. The summed E-state index contributed by atoms with van der Waals surface area (Å²) in [7, 11) is 0. The third-order valence-electron chi connectivity index (χ3n) is 3.01. The van der Waals surface area contributed by atoms with Gasteiger partial charge in [-0.05, 0) is 42.0 Å². The first-order valence-corrected chi connectivity index (χ1v) is 6.52. The van der Waals surface area contributed by atoms with Crippen LogP contribution in [0.15, 0.2) is 60.8 Å². The summed E-state index contributed by atoms with van der Waals surface area (Å²) in [6.45, 7) is 0.781. The van der Waals surface area contributed by atoms with Gasteiger partial charge in [0.25, 0.3) is 0 Å². The van der Waals surface area contributed by atoms with E-state index in [4.69, 9.17) is 11.6 Å². The fourth-order valence-electron chi connectivity index (χ4n) is 1.99. The standard InChI is InChI=1S/C16H13ClN2/c17-14-5-3-12(4-6-14)11-19-15-7-8-16-13(10-15)2-1-9-18-16/h1-10,19H,11H2. The van der Waals surface area contributed by atoms with Crippen molar-refractivity contribution in [3.63, 3.8) is 0 Å². The van der Waals surface area contributed by atoms with Crippen molar-refractivity contribution in [2.24, 2.45) is 0 Å². The number of hydrogen-bond donors (Lipinski definition) is 1. The Morgan fingerprint density at radius 3 is 2.68 bits per heavy atom. The van der Waals surface area contributed by atoms with E-state index in [1.54, 1.807) is 0 Å². The first kappa shape index (κ1) is 12.0. The van der Waals surface area contributed by atoms with E-state index in [-0.39, 0.29) is 0 Å². The van der Waals surface area contributed by atoms with E-state index in [0.29, 0.717) is 0 Å². The molecule has 2 nitrogen and oxygen atoms in total. The van der Waals surface area contributed by atoms with E-state index in [2.05, 4.69) is 22.4 Å². The maximum absolute atomic E-state index is 5.87. The SMILES string of the molecule is Clc1ccc(CNc2ccc3ncccc3c2)cc1. The molecule has 2 aromatic carbocycles. The molecule has 1 N–H and O–H groups in total. The third kappa shape index (κ3) is 2.85. The Morgan fingerprint density at radius 1 is 1.00 bits per heavy atom. The molecule has 3 rings (SSSR count). The normalized spacial score (nSPS) is 10.6. The Morgan fingerprint density at radius 2 is 1.84 bits per heavy atom. The van der Waals surface area contributed by atoms with Gasteiger partial charge in [-0.2, -0.15) is 0 Å². The first-order chi connectivity index (χ1) is 9.31. The van der Waals surface area contributed by atoms with Gasteiger partial charge < -0.3 is 5.32 Å². The number of anilines is 1. The van der Waals surface area contributed by atoms with E-state index < -0.39 is 0 Å². The summed E-state index contributed by atoms with van der Waals surface area (Å²) in [5.41, 5.74) is 3.31. The van der Waals surface area contributed by atoms with Crippen LogP contribution in [-0.4, -0.2) is 4.98 Å². The van der Waals surface area contributed by atoms with Gasteiger partial charge in [-0.25, -0.2) is 0 Å². The molecule has 0 bridgehead atoms. The largest absolute Gasteiger partial charge is 0.381 e. The van der Waals surface area contributed by atoms with Gasteiger partial charge >= 0.3 is 0 Å². The molecule has 0 aliphatic rings. The van der Waals surface area contributed by atoms with Gasteiger partial charge in [0.05, 0.1) is 5.52 Å². The van der Waals surface area contributed by atoms with E-state index in [1.807, 2.05) is 48.7 Å². The van der Waals surface area contributed by atoms with Crippen molar-refractivity contribution >= 4 is 28.2 Å². The second-order valence-electron chi connectivity index (χ2n) is 4.39. The molecule has 0 aliphatic heterocycles. The summed E-state index contributed by atoms with van der Waals surface area (Å²) in [4.78, 5) is 4.31. The lowest BCUT2D eigenvalue weighted by molar-refractivity contribution is 1.15. The Kier molecular flexibility index (Phi) is 3.34. The van der Waals surface area contributed by atoms with Crippen LogP contribution in [0.3, 0.4) is 0 Å². The number of halogens is 1. The molecule has 0 spiro atoms. The Labute approximate surface area is 117 Å². The molecule has 0 aliphatic carbocycles. The average molecular weight is 269 g/mol. The lowest BCUT2D eigenvalue weighted by atomic mass is 10.2. The maximum atomic E-state index is 5.87. The quantitative estimate of drug-likeness (QED) is 0.756. The van der Waals surface area contributed by atoms with Crippen LogP contribution >= 0.6 is 11.6 Å². The van der Waals surface area contributed by atoms with Gasteiger partial charge in [0, 0.05) is 28.8 Å². The highest BCUT2D eigenvalue weighted by Crippen LogP contribution is 2.18. The van der Waals surface area contributed by atoms with Crippen molar-refractivity contribution in [3.8, 4) is 0 Å². The van der Waals surface area contributed by atoms with E-state index >= 15 is 0 Å². The van der Waals surface area contributed by atoms with Gasteiger partial charge in [-0.3, -0.25) is 4.98 Å². The molecular formula is C16H13ClN2. The Bertz CT molecular complexity index is 692. The van der Waals surface area contributed by atoms with E-state index in [9.17, 15) is 0 Å². The topological polar surface area (TPSA) is 24.9 Å². The Hall–Kier alpha value is -2.06. The van der Waals surface area contributed by atoms with Crippen LogP contribution in [-0.2, 0) is 6.54 Å². The number of pyridine rings is 1. The monoisotopic (exact) mass is 268 g/mol. The number of aromatic nitrogens is 1. The number of nitrogens with zero attached hydrogens (tertiary/aromatic N) is 1. The minimum atomic E-state index is 0.764. The smallest absolute Gasteiger partial charge is 0.0703 e. The average Bonchev–Trinajstić information content (AvgIpc) is 2.46. The zero-order valence-corrected chi connectivity index (χ0v) is 11.1. The van der Waals surface area contributed by atoms with Crippen LogP contribution in [0.1, 0.15) is 5.56 Å². The molecular weight excluding hydrogens is 256 g/mol. The van der Waals surface area contributed by atoms with Gasteiger partial charge in [-0.15, -0.1) is 0 Å². The van der Waals surface area contributed by atoms with Crippen LogP contribution in [0, 0.1) is 0 Å². The van der Waals surface area contributed by atoms with E-state index in [0.717, 1.165) is 28.2 Å². The summed E-state index contributed by atoms with van der Waals surface area (Å²) >= 11 is 5.87. The summed E-state index contributed by atoms with van der Waals surface area (Å²) < 4.78 is 0. The first-order valence-electron chi connectivity index (χ1n) is 6.14. The predicted octanol–water partition coefficient (Wildman–Crippen LogP) is 4.50. The fourth-order valence-corrected chi connectivity index (χ4v) is 2.12. The molecule has 0 radical (unpaired) electrons. The Balaban J connectivity index is 1.76. The van der Waals surface area contributed by atoms with Crippen molar-refractivity contribution in [3.05, 3.63) is 71.4 Å². The number of rotatable bonds is 3. The fraction of sp³-hybridized carbons (Fsp3) is 0.0625. The summed E-state index contributed by atoms with van der Waals surface area (Å²) in [6, 6.07) is 18.1. The van der Waals surface area contributed by atoms with Gasteiger partial charge in [0.1, 0.15) is 0 Å². The van der Waals surface area contributed by atoms with E-state index in [1.165, 1.54) is 5.56 Å². The van der Waals surface area contributed by atoms with Gasteiger partial charge in [0.15, 0.2) is 0 Å².